The molecule has 0 radical (unpaired) electrons. The van der Waals surface area contributed by atoms with Crippen molar-refractivity contribution in [2.75, 3.05) is 13.2 Å². The SMILES string of the molecule is CC(C)(C)OC(=O)CCC(NC(=O)CC(NC(=O)CCCN(N)/C=C(\N)CCCF)C(=O)OC(C)(C)C)C(=O)OC(C)(C)C. The molecule has 2 unspecified atom stereocenters. The Bertz CT molecular complexity index is 999. The van der Waals surface area contributed by atoms with Crippen molar-refractivity contribution < 1.29 is 42.6 Å². The molecule has 0 aromatic rings. The molecule has 0 aromatic heterocycles. The van der Waals surface area contributed by atoms with Gasteiger partial charge in [-0.25, -0.2) is 15.4 Å². The van der Waals surface area contributed by atoms with Gasteiger partial charge in [0.15, 0.2) is 0 Å². The molecule has 14 heteroatoms. The molecule has 0 aliphatic heterocycles. The van der Waals surface area contributed by atoms with Crippen LogP contribution in [0.25, 0.3) is 0 Å². The summed E-state index contributed by atoms with van der Waals surface area (Å²) in [5, 5.41) is 6.33. The van der Waals surface area contributed by atoms with Crippen LogP contribution in [0, 0.1) is 0 Å². The van der Waals surface area contributed by atoms with Crippen molar-refractivity contribution in [1.29, 1.82) is 0 Å². The number of ether oxygens (including phenoxy) is 3. The van der Waals surface area contributed by atoms with Crippen LogP contribution in [0.2, 0.25) is 0 Å². The van der Waals surface area contributed by atoms with Crippen LogP contribution in [-0.4, -0.2) is 76.8 Å². The fraction of sp³-hybridized carbons (Fsp3) is 0.767. The summed E-state index contributed by atoms with van der Waals surface area (Å²) in [4.78, 5) is 63.9. The van der Waals surface area contributed by atoms with Crippen molar-refractivity contribution in [3.8, 4) is 0 Å². The highest BCUT2D eigenvalue weighted by atomic mass is 19.1. The van der Waals surface area contributed by atoms with Gasteiger partial charge in [0.25, 0.3) is 0 Å². The Morgan fingerprint density at radius 2 is 1.25 bits per heavy atom. The van der Waals surface area contributed by atoms with E-state index < -0.39 is 71.7 Å². The van der Waals surface area contributed by atoms with Gasteiger partial charge in [0.1, 0.15) is 28.9 Å². The van der Waals surface area contributed by atoms with E-state index in [4.69, 9.17) is 25.8 Å². The number of hydrazine groups is 1. The molecule has 0 bridgehead atoms. The molecule has 254 valence electrons. The number of esters is 3. The molecule has 0 aliphatic carbocycles. The molecule has 0 heterocycles. The second-order valence-corrected chi connectivity index (χ2v) is 13.5. The smallest absolute Gasteiger partial charge is 0.329 e. The Morgan fingerprint density at radius 3 is 1.75 bits per heavy atom. The van der Waals surface area contributed by atoms with E-state index in [1.165, 1.54) is 11.2 Å². The molecule has 44 heavy (non-hydrogen) atoms. The lowest BCUT2D eigenvalue weighted by atomic mass is 10.1. The topological polar surface area (TPSA) is 192 Å². The van der Waals surface area contributed by atoms with Crippen molar-refractivity contribution in [2.45, 2.75) is 136 Å². The number of alkyl halides is 1. The highest BCUT2D eigenvalue weighted by Gasteiger charge is 2.32. The lowest BCUT2D eigenvalue weighted by molar-refractivity contribution is -0.160. The van der Waals surface area contributed by atoms with Crippen LogP contribution in [0.5, 0.6) is 0 Å². The summed E-state index contributed by atoms with van der Waals surface area (Å²) in [5.41, 5.74) is 3.68. The van der Waals surface area contributed by atoms with Gasteiger partial charge in [-0.05, 0) is 88.0 Å². The monoisotopic (exact) mass is 631 g/mol. The van der Waals surface area contributed by atoms with Gasteiger partial charge in [-0.3, -0.25) is 18.8 Å². The van der Waals surface area contributed by atoms with Crippen LogP contribution >= 0.6 is 0 Å². The molecule has 0 saturated carbocycles. The number of hydrogen-bond donors (Lipinski definition) is 4. The summed E-state index contributed by atoms with van der Waals surface area (Å²) in [6, 6.07) is -2.58. The third-order valence-electron chi connectivity index (χ3n) is 5.25. The van der Waals surface area contributed by atoms with Gasteiger partial charge in [0, 0.05) is 31.3 Å². The minimum atomic E-state index is -1.36. The van der Waals surface area contributed by atoms with Gasteiger partial charge in [-0.2, -0.15) is 0 Å². The number of rotatable bonds is 17. The van der Waals surface area contributed by atoms with Crippen molar-refractivity contribution in [2.24, 2.45) is 11.6 Å². The number of halogens is 1. The van der Waals surface area contributed by atoms with Crippen LogP contribution in [0.3, 0.4) is 0 Å². The molecule has 6 N–H and O–H groups in total. The van der Waals surface area contributed by atoms with Gasteiger partial charge in [0.05, 0.1) is 13.1 Å². The molecule has 2 amide bonds. The van der Waals surface area contributed by atoms with E-state index in [1.54, 1.807) is 62.3 Å². The Kier molecular flexibility index (Phi) is 17.0. The van der Waals surface area contributed by atoms with E-state index in [9.17, 15) is 28.4 Å². The van der Waals surface area contributed by atoms with Crippen LogP contribution in [0.4, 0.5) is 4.39 Å². The normalized spacial score (nSPS) is 13.8. The Balaban J connectivity index is 5.53. The zero-order valence-corrected chi connectivity index (χ0v) is 27.8. The summed E-state index contributed by atoms with van der Waals surface area (Å²) in [6.45, 7) is 14.8. The number of carbonyl (C=O) groups excluding carboxylic acids is 5. The third-order valence-corrected chi connectivity index (χ3v) is 5.25. The molecule has 13 nitrogen and oxygen atoms in total. The first kappa shape index (κ1) is 40.6. The molecule has 0 fully saturated rings. The maximum Gasteiger partial charge on any atom is 0.329 e. The molecule has 0 spiro atoms. The number of nitrogens with zero attached hydrogens (tertiary/aromatic N) is 1. The summed E-state index contributed by atoms with van der Waals surface area (Å²) in [5.74, 6) is 2.41. The number of nitrogens with one attached hydrogen (secondary N) is 2. The van der Waals surface area contributed by atoms with Crippen LogP contribution in [-0.2, 0) is 38.2 Å². The molecule has 0 rings (SSSR count). The zero-order valence-electron chi connectivity index (χ0n) is 27.8. The molecular weight excluding hydrogens is 577 g/mol. The van der Waals surface area contributed by atoms with Crippen molar-refractivity contribution in [3.63, 3.8) is 0 Å². The van der Waals surface area contributed by atoms with E-state index in [-0.39, 0.29) is 38.6 Å². The first-order valence-electron chi connectivity index (χ1n) is 14.8. The van der Waals surface area contributed by atoms with Gasteiger partial charge >= 0.3 is 17.9 Å². The van der Waals surface area contributed by atoms with Crippen molar-refractivity contribution in [3.05, 3.63) is 11.9 Å². The van der Waals surface area contributed by atoms with Gasteiger partial charge in [0.2, 0.25) is 11.8 Å². The standard InChI is InChI=1S/C30H54FN5O8/c1-28(2,3)42-25(39)15-14-21(26(40)43-29(4,5)6)34-24(38)18-22(27(41)44-30(7,8)9)35-23(37)13-11-17-36(33)19-20(32)12-10-16-31/h19,21-22H,10-18,32-33H2,1-9H3,(H,34,38)(H,35,37)/b20-19-. The fourth-order valence-electron chi connectivity index (χ4n) is 3.58. The van der Waals surface area contributed by atoms with E-state index in [0.717, 1.165) is 0 Å². The first-order chi connectivity index (χ1) is 20.0. The lowest BCUT2D eigenvalue weighted by Crippen LogP contribution is -2.50. The number of allylic oxidation sites excluding steroid dienone is 1. The highest BCUT2D eigenvalue weighted by molar-refractivity contribution is 5.91. The molecular formula is C30H54FN5O8. The highest BCUT2D eigenvalue weighted by Crippen LogP contribution is 2.15. The minimum Gasteiger partial charge on any atom is -0.460 e. The lowest BCUT2D eigenvalue weighted by Gasteiger charge is -2.26. The maximum absolute atomic E-state index is 13.1. The zero-order chi connectivity index (χ0) is 34.3. The number of hydrogen-bond acceptors (Lipinski definition) is 11. The Hall–Kier alpha value is -3.42. The summed E-state index contributed by atoms with van der Waals surface area (Å²) in [6.07, 6.45) is 1.51. The fourth-order valence-corrected chi connectivity index (χ4v) is 3.58. The number of nitrogens with two attached hydrogens (primary N) is 2. The first-order valence-corrected chi connectivity index (χ1v) is 14.8. The predicted octanol–water partition coefficient (Wildman–Crippen LogP) is 2.66. The molecule has 0 aliphatic rings. The van der Waals surface area contributed by atoms with Gasteiger partial charge in [-0.15, -0.1) is 0 Å². The van der Waals surface area contributed by atoms with Crippen molar-refractivity contribution >= 4 is 29.7 Å². The Morgan fingerprint density at radius 1 is 0.750 bits per heavy atom. The van der Waals surface area contributed by atoms with E-state index in [0.29, 0.717) is 12.1 Å². The second kappa shape index (κ2) is 18.4. The third kappa shape index (κ3) is 21.3. The van der Waals surface area contributed by atoms with Gasteiger partial charge < -0.3 is 35.6 Å². The summed E-state index contributed by atoms with van der Waals surface area (Å²) >= 11 is 0. The average Bonchev–Trinajstić information content (AvgIpc) is 2.81. The average molecular weight is 632 g/mol. The largest absolute Gasteiger partial charge is 0.460 e. The maximum atomic E-state index is 13.1. The van der Waals surface area contributed by atoms with Gasteiger partial charge in [-0.1, -0.05) is 0 Å². The second-order valence-electron chi connectivity index (χ2n) is 13.5. The van der Waals surface area contributed by atoms with Crippen molar-refractivity contribution in [1.82, 2.24) is 15.6 Å². The summed E-state index contributed by atoms with van der Waals surface area (Å²) in [7, 11) is 0. The number of amides is 2. The predicted molar refractivity (Wildman–Crippen MR) is 163 cm³/mol. The Labute approximate surface area is 260 Å². The van der Waals surface area contributed by atoms with E-state index >= 15 is 0 Å². The minimum absolute atomic E-state index is 0.0384. The van der Waals surface area contributed by atoms with E-state index in [2.05, 4.69) is 10.6 Å². The summed E-state index contributed by atoms with van der Waals surface area (Å²) < 4.78 is 28.4. The van der Waals surface area contributed by atoms with E-state index in [1.807, 2.05) is 0 Å². The van der Waals surface area contributed by atoms with Crippen LogP contribution in [0.1, 0.15) is 107 Å². The van der Waals surface area contributed by atoms with Crippen LogP contribution < -0.4 is 22.2 Å². The quantitative estimate of drug-likeness (QED) is 0.0798. The van der Waals surface area contributed by atoms with Crippen LogP contribution in [0.15, 0.2) is 11.9 Å². The molecule has 2 atom stereocenters. The molecule has 0 saturated heterocycles. The number of carbonyl (C=O) groups is 5. The molecule has 0 aromatic carbocycles.